The highest BCUT2D eigenvalue weighted by atomic mass is 32.1. The van der Waals surface area contributed by atoms with Crippen molar-refractivity contribution in [1.29, 1.82) is 0 Å². The van der Waals surface area contributed by atoms with Crippen LogP contribution in [0.15, 0.2) is 35.2 Å². The highest BCUT2D eigenvalue weighted by Gasteiger charge is 2.46. The first-order valence-electron chi connectivity index (χ1n) is 10.3. The number of aryl methyl sites for hydroxylation is 1. The normalized spacial score (nSPS) is 18.5. The molecule has 1 aromatic carbocycles. The summed E-state index contributed by atoms with van der Waals surface area (Å²) in [6, 6.07) is 6.73. The van der Waals surface area contributed by atoms with Crippen LogP contribution in [0, 0.1) is 6.92 Å². The fraction of sp³-hybridized carbons (Fsp3) is 0.417. The number of ketones is 1. The van der Waals surface area contributed by atoms with Gasteiger partial charge in [-0.25, -0.2) is 0 Å². The number of nitrogens with zero attached hydrogens (tertiary/aromatic N) is 2. The molecule has 6 nitrogen and oxygen atoms in total. The predicted octanol–water partition coefficient (Wildman–Crippen LogP) is 4.17. The Balaban J connectivity index is 2.17. The van der Waals surface area contributed by atoms with Crippen molar-refractivity contribution in [2.24, 2.45) is 0 Å². The van der Waals surface area contributed by atoms with E-state index in [4.69, 9.17) is 4.74 Å². The topological polar surface area (TPSA) is 70.1 Å². The molecule has 1 aliphatic rings. The van der Waals surface area contributed by atoms with Crippen LogP contribution in [0.5, 0.6) is 5.75 Å². The monoisotopic (exact) mass is 442 g/mol. The predicted molar refractivity (Wildman–Crippen MR) is 124 cm³/mol. The summed E-state index contributed by atoms with van der Waals surface area (Å²) >= 11 is 1.49. The molecular formula is C24H30N2O4S. The van der Waals surface area contributed by atoms with E-state index in [-0.39, 0.29) is 17.3 Å². The van der Waals surface area contributed by atoms with Crippen LogP contribution in [-0.2, 0) is 9.59 Å². The number of amides is 1. The van der Waals surface area contributed by atoms with Crippen LogP contribution >= 0.6 is 11.3 Å². The number of carbonyl (C=O) groups excluding carboxylic acids is 2. The third-order valence-corrected chi connectivity index (χ3v) is 6.67. The minimum absolute atomic E-state index is 0.145. The van der Waals surface area contributed by atoms with Gasteiger partial charge < -0.3 is 19.6 Å². The van der Waals surface area contributed by atoms with E-state index in [9.17, 15) is 14.7 Å². The lowest BCUT2D eigenvalue weighted by Gasteiger charge is -2.26. The molecule has 7 heteroatoms. The number of hydrogen-bond acceptors (Lipinski definition) is 6. The van der Waals surface area contributed by atoms with Crippen molar-refractivity contribution in [2.45, 2.75) is 32.7 Å². The number of rotatable bonds is 7. The smallest absolute Gasteiger partial charge is 0.295 e. The van der Waals surface area contributed by atoms with Crippen molar-refractivity contribution in [3.05, 3.63) is 56.8 Å². The van der Waals surface area contributed by atoms with E-state index in [1.54, 1.807) is 24.1 Å². The van der Waals surface area contributed by atoms with Crippen molar-refractivity contribution < 1.29 is 19.4 Å². The first kappa shape index (κ1) is 23.0. The Bertz CT molecular complexity index is 1020. The van der Waals surface area contributed by atoms with Gasteiger partial charge in [-0.05, 0) is 67.7 Å². The van der Waals surface area contributed by atoms with Crippen LogP contribution in [0.25, 0.3) is 5.76 Å². The molecule has 1 unspecified atom stereocenters. The summed E-state index contributed by atoms with van der Waals surface area (Å²) in [6.45, 7) is 7.06. The first-order valence-corrected chi connectivity index (χ1v) is 11.2. The van der Waals surface area contributed by atoms with Crippen LogP contribution in [0.1, 0.15) is 47.4 Å². The van der Waals surface area contributed by atoms with Gasteiger partial charge in [-0.3, -0.25) is 9.59 Å². The molecule has 0 radical (unpaired) electrons. The molecule has 0 aliphatic carbocycles. The number of thiophene rings is 1. The third-order valence-electron chi connectivity index (χ3n) is 5.60. The second-order valence-electron chi connectivity index (χ2n) is 8.38. The summed E-state index contributed by atoms with van der Waals surface area (Å²) in [6.07, 6.45) is 0. The molecule has 2 heterocycles. The van der Waals surface area contributed by atoms with Gasteiger partial charge in [0.15, 0.2) is 0 Å². The second-order valence-corrected chi connectivity index (χ2v) is 9.32. The van der Waals surface area contributed by atoms with Gasteiger partial charge in [-0.2, -0.15) is 0 Å². The summed E-state index contributed by atoms with van der Waals surface area (Å²) < 4.78 is 5.44. The van der Waals surface area contributed by atoms with Crippen molar-refractivity contribution in [3.8, 4) is 5.75 Å². The van der Waals surface area contributed by atoms with Crippen LogP contribution in [0.4, 0.5) is 0 Å². The third kappa shape index (κ3) is 4.38. The maximum absolute atomic E-state index is 13.1. The van der Waals surface area contributed by atoms with E-state index < -0.39 is 17.7 Å². The Kier molecular flexibility index (Phi) is 6.86. The van der Waals surface area contributed by atoms with Gasteiger partial charge in [0.1, 0.15) is 11.5 Å². The maximum Gasteiger partial charge on any atom is 0.295 e. The quantitative estimate of drug-likeness (QED) is 0.396. The summed E-state index contributed by atoms with van der Waals surface area (Å²) in [4.78, 5) is 30.5. The average molecular weight is 443 g/mol. The number of likely N-dealkylation sites (N-methyl/N-ethyl adjacent to an activating group) is 1. The number of methoxy groups -OCH3 is 1. The van der Waals surface area contributed by atoms with Crippen molar-refractivity contribution >= 4 is 28.8 Å². The summed E-state index contributed by atoms with van der Waals surface area (Å²) in [5.74, 6) is -0.466. The molecule has 1 amide bonds. The van der Waals surface area contributed by atoms with E-state index in [0.29, 0.717) is 18.7 Å². The summed E-state index contributed by atoms with van der Waals surface area (Å²) in [5.41, 5.74) is 2.58. The highest BCUT2D eigenvalue weighted by Crippen LogP contribution is 2.43. The standard InChI is InChI=1S/C24H30N2O4S/c1-14(2)17-13-16(7-8-18(17)30-6)21(27)19-20(23-15(3)9-12-31-23)26(11-10-25(4)5)24(29)22(19)28/h7-9,12-14,20,27H,10-11H2,1-6H3/b21-19-. The van der Waals surface area contributed by atoms with Crippen LogP contribution in [-0.4, -0.2) is 60.9 Å². The lowest BCUT2D eigenvalue weighted by molar-refractivity contribution is -0.140. The van der Waals surface area contributed by atoms with Gasteiger partial charge in [0.05, 0.1) is 18.7 Å². The summed E-state index contributed by atoms with van der Waals surface area (Å²) in [7, 11) is 5.45. The van der Waals surface area contributed by atoms with E-state index in [1.807, 2.05) is 57.3 Å². The first-order chi connectivity index (χ1) is 14.7. The largest absolute Gasteiger partial charge is 0.507 e. The van der Waals surface area contributed by atoms with Crippen molar-refractivity contribution in [2.75, 3.05) is 34.3 Å². The van der Waals surface area contributed by atoms with E-state index in [1.165, 1.54) is 11.3 Å². The number of ether oxygens (including phenoxy) is 1. The Morgan fingerprint density at radius 2 is 1.97 bits per heavy atom. The number of hydrogen-bond donors (Lipinski definition) is 1. The molecule has 166 valence electrons. The zero-order chi connectivity index (χ0) is 22.9. The van der Waals surface area contributed by atoms with E-state index in [0.717, 1.165) is 21.8 Å². The van der Waals surface area contributed by atoms with Crippen molar-refractivity contribution in [3.63, 3.8) is 0 Å². The minimum Gasteiger partial charge on any atom is -0.507 e. The van der Waals surface area contributed by atoms with Gasteiger partial charge in [0, 0.05) is 23.5 Å². The van der Waals surface area contributed by atoms with Crippen LogP contribution < -0.4 is 4.74 Å². The molecule has 1 N–H and O–H groups in total. The fourth-order valence-corrected chi connectivity index (χ4v) is 4.89. The molecule has 31 heavy (non-hydrogen) atoms. The molecule has 0 bridgehead atoms. The number of likely N-dealkylation sites (tertiary alicyclic amines) is 1. The number of aliphatic hydroxyl groups is 1. The lowest BCUT2D eigenvalue weighted by atomic mass is 9.95. The minimum atomic E-state index is -0.643. The van der Waals surface area contributed by atoms with Crippen LogP contribution in [0.2, 0.25) is 0 Å². The van der Waals surface area contributed by atoms with Gasteiger partial charge in [-0.1, -0.05) is 13.8 Å². The number of carbonyl (C=O) groups is 2. The molecule has 0 spiro atoms. The Morgan fingerprint density at radius 3 is 2.52 bits per heavy atom. The lowest BCUT2D eigenvalue weighted by Crippen LogP contribution is -2.35. The Labute approximate surface area is 187 Å². The number of benzene rings is 1. The fourth-order valence-electron chi connectivity index (χ4n) is 3.84. The van der Waals surface area contributed by atoms with Gasteiger partial charge in [0.25, 0.3) is 11.7 Å². The molecule has 1 fully saturated rings. The Morgan fingerprint density at radius 1 is 1.26 bits per heavy atom. The maximum atomic E-state index is 13.1. The Hall–Kier alpha value is -2.64. The molecule has 1 aliphatic heterocycles. The second kappa shape index (κ2) is 9.24. The van der Waals surface area contributed by atoms with E-state index >= 15 is 0 Å². The van der Waals surface area contributed by atoms with Gasteiger partial charge >= 0.3 is 0 Å². The number of aliphatic hydroxyl groups excluding tert-OH is 1. The van der Waals surface area contributed by atoms with Crippen molar-refractivity contribution in [1.82, 2.24) is 9.80 Å². The SMILES string of the molecule is COc1ccc(/C(O)=C2/C(=O)C(=O)N(CCN(C)C)C2c2sccc2C)cc1C(C)C. The van der Waals surface area contributed by atoms with Crippen LogP contribution in [0.3, 0.4) is 0 Å². The average Bonchev–Trinajstić information content (AvgIpc) is 3.26. The molecule has 2 aromatic rings. The molecule has 1 saturated heterocycles. The number of Topliss-reactive ketones (excluding diaryl/α,β-unsaturated/α-hetero) is 1. The molecule has 1 aromatic heterocycles. The highest BCUT2D eigenvalue weighted by molar-refractivity contribution is 7.10. The summed E-state index contributed by atoms with van der Waals surface area (Å²) in [5, 5.41) is 13.2. The molecule has 0 saturated carbocycles. The van der Waals surface area contributed by atoms with Gasteiger partial charge in [-0.15, -0.1) is 11.3 Å². The van der Waals surface area contributed by atoms with E-state index in [2.05, 4.69) is 0 Å². The zero-order valence-electron chi connectivity index (χ0n) is 18.9. The molecule has 1 atom stereocenters. The zero-order valence-corrected chi connectivity index (χ0v) is 19.7. The molecule has 3 rings (SSSR count). The molecular weight excluding hydrogens is 412 g/mol. The van der Waals surface area contributed by atoms with Gasteiger partial charge in [0.2, 0.25) is 0 Å².